The van der Waals surface area contributed by atoms with Gasteiger partial charge in [0.25, 0.3) is 5.91 Å². The van der Waals surface area contributed by atoms with Crippen LogP contribution in [0.15, 0.2) is 46.9 Å². The number of thiol groups is 1. The van der Waals surface area contributed by atoms with E-state index in [1.54, 1.807) is 0 Å². The van der Waals surface area contributed by atoms with Crippen LogP contribution in [0.25, 0.3) is 0 Å². The summed E-state index contributed by atoms with van der Waals surface area (Å²) in [6, 6.07) is 7.39. The fraction of sp³-hybridized carbons (Fsp3) is 0.176. The third-order valence-corrected chi connectivity index (χ3v) is 3.67. The summed E-state index contributed by atoms with van der Waals surface area (Å²) in [5, 5.41) is 0. The lowest BCUT2D eigenvalue weighted by Gasteiger charge is -2.19. The molecule has 2 aromatic carbocycles. The predicted octanol–water partition coefficient (Wildman–Crippen LogP) is 4.35. The average Bonchev–Trinajstić information content (AvgIpc) is 2.57. The zero-order chi connectivity index (χ0) is 20.2. The summed E-state index contributed by atoms with van der Waals surface area (Å²) >= 11 is 3.72. The van der Waals surface area contributed by atoms with E-state index in [2.05, 4.69) is 21.9 Å². The first-order valence-corrected chi connectivity index (χ1v) is 7.79. The minimum Gasteiger partial charge on any atom is -0.406 e. The second-order valence-corrected chi connectivity index (χ2v) is 5.61. The second-order valence-electron chi connectivity index (χ2n) is 5.41. The van der Waals surface area contributed by atoms with E-state index in [1.807, 2.05) is 0 Å². The zero-order valence-corrected chi connectivity index (χ0v) is 14.7. The van der Waals surface area contributed by atoms with Gasteiger partial charge in [0.2, 0.25) is 0 Å². The molecule has 0 aromatic heterocycles. The molecular formula is C17H13F5N2O2S. The molecule has 0 spiro atoms. The van der Waals surface area contributed by atoms with Crippen LogP contribution in [0.5, 0.6) is 5.75 Å². The SMILES string of the molecule is CN(C(=O)/C(Cc1cc(F)cc(F)c1)=N\S)c1ccc(OC(F)(F)F)cc1. The Morgan fingerprint density at radius 1 is 1.11 bits per heavy atom. The van der Waals surface area contributed by atoms with Gasteiger partial charge < -0.3 is 9.64 Å². The number of benzene rings is 2. The Bertz CT molecular complexity index is 833. The van der Waals surface area contributed by atoms with Crippen molar-refractivity contribution in [3.8, 4) is 5.75 Å². The molecule has 0 N–H and O–H groups in total. The fourth-order valence-electron chi connectivity index (χ4n) is 2.24. The second kappa shape index (κ2) is 8.38. The van der Waals surface area contributed by atoms with Crippen LogP contribution in [0, 0.1) is 11.6 Å². The lowest BCUT2D eigenvalue weighted by atomic mass is 10.1. The van der Waals surface area contributed by atoms with Crippen molar-refractivity contribution >= 4 is 30.1 Å². The van der Waals surface area contributed by atoms with E-state index < -0.39 is 29.7 Å². The topological polar surface area (TPSA) is 41.9 Å². The maximum atomic E-state index is 13.3. The number of rotatable bonds is 5. The number of hydrogen-bond acceptors (Lipinski definition) is 4. The lowest BCUT2D eigenvalue weighted by molar-refractivity contribution is -0.274. The van der Waals surface area contributed by atoms with Gasteiger partial charge in [0, 0.05) is 25.2 Å². The smallest absolute Gasteiger partial charge is 0.406 e. The first-order chi connectivity index (χ1) is 12.6. The van der Waals surface area contributed by atoms with Gasteiger partial charge in [0.1, 0.15) is 23.1 Å². The van der Waals surface area contributed by atoms with Crippen molar-refractivity contribution in [2.24, 2.45) is 4.40 Å². The normalized spacial score (nSPS) is 12.0. The minimum atomic E-state index is -4.82. The minimum absolute atomic E-state index is 0.110. The van der Waals surface area contributed by atoms with Crippen LogP contribution in [0.4, 0.5) is 27.6 Å². The van der Waals surface area contributed by atoms with Crippen molar-refractivity contribution in [1.29, 1.82) is 0 Å². The van der Waals surface area contributed by atoms with Gasteiger partial charge in [-0.05, 0) is 54.8 Å². The maximum absolute atomic E-state index is 13.3. The van der Waals surface area contributed by atoms with Gasteiger partial charge in [-0.15, -0.1) is 13.2 Å². The Kier molecular flexibility index (Phi) is 6.42. The Balaban J connectivity index is 2.14. The molecule has 0 aliphatic rings. The highest BCUT2D eigenvalue weighted by Crippen LogP contribution is 2.25. The lowest BCUT2D eigenvalue weighted by Crippen LogP contribution is -2.34. The van der Waals surface area contributed by atoms with E-state index in [9.17, 15) is 26.7 Å². The molecule has 0 aliphatic carbocycles. The summed E-state index contributed by atoms with van der Waals surface area (Å²) in [4.78, 5) is 13.6. The van der Waals surface area contributed by atoms with E-state index in [0.717, 1.165) is 29.2 Å². The van der Waals surface area contributed by atoms with Crippen LogP contribution in [-0.2, 0) is 11.2 Å². The Labute approximate surface area is 156 Å². The first kappa shape index (κ1) is 20.7. The molecule has 2 aromatic rings. The van der Waals surface area contributed by atoms with Gasteiger partial charge in [-0.3, -0.25) is 4.79 Å². The maximum Gasteiger partial charge on any atom is 0.573 e. The molecule has 2 rings (SSSR count). The molecule has 0 unspecified atom stereocenters. The molecule has 0 atom stereocenters. The van der Waals surface area contributed by atoms with E-state index in [4.69, 9.17) is 0 Å². The van der Waals surface area contributed by atoms with Crippen molar-refractivity contribution in [2.75, 3.05) is 11.9 Å². The third kappa shape index (κ3) is 5.95. The van der Waals surface area contributed by atoms with Crippen molar-refractivity contribution in [3.05, 3.63) is 59.7 Å². The third-order valence-electron chi connectivity index (χ3n) is 3.42. The molecule has 0 radical (unpaired) electrons. The molecule has 4 nitrogen and oxygen atoms in total. The highest BCUT2D eigenvalue weighted by Gasteiger charge is 2.31. The van der Waals surface area contributed by atoms with Gasteiger partial charge in [0.15, 0.2) is 0 Å². The van der Waals surface area contributed by atoms with E-state index in [-0.39, 0.29) is 23.4 Å². The average molecular weight is 404 g/mol. The molecule has 1 amide bonds. The number of ether oxygens (including phenoxy) is 1. The van der Waals surface area contributed by atoms with Crippen LogP contribution < -0.4 is 9.64 Å². The van der Waals surface area contributed by atoms with Gasteiger partial charge >= 0.3 is 6.36 Å². The number of anilines is 1. The Hall–Kier alpha value is -2.62. The number of amides is 1. The summed E-state index contributed by atoms with van der Waals surface area (Å²) in [5.41, 5.74) is 0.326. The van der Waals surface area contributed by atoms with Gasteiger partial charge in [-0.2, -0.15) is 0 Å². The summed E-state index contributed by atoms with van der Waals surface area (Å²) < 4.78 is 70.4. The first-order valence-electron chi connectivity index (χ1n) is 7.39. The Morgan fingerprint density at radius 2 is 1.67 bits per heavy atom. The van der Waals surface area contributed by atoms with Gasteiger partial charge in [-0.1, -0.05) is 0 Å². The molecule has 144 valence electrons. The Morgan fingerprint density at radius 3 is 2.15 bits per heavy atom. The zero-order valence-electron chi connectivity index (χ0n) is 13.8. The molecule has 0 saturated carbocycles. The monoisotopic (exact) mass is 404 g/mol. The van der Waals surface area contributed by atoms with E-state index in [1.165, 1.54) is 19.2 Å². The van der Waals surface area contributed by atoms with E-state index in [0.29, 0.717) is 6.07 Å². The number of halogens is 5. The van der Waals surface area contributed by atoms with Crippen LogP contribution in [0.3, 0.4) is 0 Å². The largest absolute Gasteiger partial charge is 0.573 e. The summed E-state index contributed by atoms with van der Waals surface area (Å²) in [6.07, 6.45) is -5.01. The molecule has 0 heterocycles. The fourth-order valence-corrected chi connectivity index (χ4v) is 2.40. The van der Waals surface area contributed by atoms with Crippen LogP contribution in [-0.4, -0.2) is 25.0 Å². The number of alkyl halides is 3. The number of nitrogens with zero attached hydrogens (tertiary/aromatic N) is 2. The van der Waals surface area contributed by atoms with E-state index >= 15 is 0 Å². The molecule has 27 heavy (non-hydrogen) atoms. The molecule has 10 heteroatoms. The van der Waals surface area contributed by atoms with Gasteiger partial charge in [-0.25, -0.2) is 13.2 Å². The quantitative estimate of drug-likeness (QED) is 0.457. The predicted molar refractivity (Wildman–Crippen MR) is 93.0 cm³/mol. The molecule has 0 fully saturated rings. The summed E-state index contributed by atoms with van der Waals surface area (Å²) in [6.45, 7) is 0. The molecule has 0 saturated heterocycles. The highest BCUT2D eigenvalue weighted by molar-refractivity contribution is 7.79. The van der Waals surface area contributed by atoms with Crippen molar-refractivity contribution in [2.45, 2.75) is 12.8 Å². The van der Waals surface area contributed by atoms with Crippen molar-refractivity contribution < 1.29 is 31.5 Å². The van der Waals surface area contributed by atoms with Crippen LogP contribution in [0.2, 0.25) is 0 Å². The number of carbonyl (C=O) groups excluding carboxylic acids is 1. The van der Waals surface area contributed by atoms with Crippen molar-refractivity contribution in [1.82, 2.24) is 0 Å². The molecule has 0 aliphatic heterocycles. The van der Waals surface area contributed by atoms with Crippen LogP contribution >= 0.6 is 12.8 Å². The van der Waals surface area contributed by atoms with Gasteiger partial charge in [0.05, 0.1) is 0 Å². The summed E-state index contributed by atoms with van der Waals surface area (Å²) in [7, 11) is 1.37. The van der Waals surface area contributed by atoms with Crippen molar-refractivity contribution in [3.63, 3.8) is 0 Å². The summed E-state index contributed by atoms with van der Waals surface area (Å²) in [5.74, 6) is -2.68. The number of hydrogen-bond donors (Lipinski definition) is 1. The molecule has 0 bridgehead atoms. The highest BCUT2D eigenvalue weighted by atomic mass is 32.1. The standard InChI is InChI=1S/C17H13F5N2O2S/c1-24(13-2-4-14(5-3-13)26-17(20,21)22)16(25)15(23-27)8-10-6-11(18)9-12(19)7-10/h2-7,9,27H,8H2,1H3/b23-15-. The number of carbonyl (C=O) groups is 1. The molecular weight excluding hydrogens is 391 g/mol. The van der Waals surface area contributed by atoms with Crippen LogP contribution in [0.1, 0.15) is 5.56 Å².